The molecule has 1 rings (SSSR count). The Balaban J connectivity index is 2.15. The van der Waals surface area contributed by atoms with Gasteiger partial charge in [0.25, 0.3) is 0 Å². The van der Waals surface area contributed by atoms with Gasteiger partial charge in [-0.05, 0) is 25.3 Å². The number of hydrogen-bond acceptors (Lipinski definition) is 1. The topological polar surface area (TPSA) is 26.0 Å². The zero-order chi connectivity index (χ0) is 5.98. The second-order valence-corrected chi connectivity index (χ2v) is 2.49. The molecule has 1 aliphatic rings. The van der Waals surface area contributed by atoms with Gasteiger partial charge < -0.3 is 5.73 Å². The highest BCUT2D eigenvalue weighted by Crippen LogP contribution is 2.36. The number of halogens is 1. The van der Waals surface area contributed by atoms with Gasteiger partial charge in [0.2, 0.25) is 0 Å². The second-order valence-electron chi connectivity index (χ2n) is 2.49. The van der Waals surface area contributed by atoms with Crippen LogP contribution in [0.25, 0.3) is 0 Å². The van der Waals surface area contributed by atoms with E-state index in [2.05, 4.69) is 0 Å². The minimum Gasteiger partial charge on any atom is -0.330 e. The molecule has 0 radical (unpaired) electrons. The molecule has 48 valence electrons. The van der Waals surface area contributed by atoms with Crippen LogP contribution in [0.4, 0.5) is 4.39 Å². The highest BCUT2D eigenvalue weighted by atomic mass is 19.1. The van der Waals surface area contributed by atoms with Gasteiger partial charge in [0.15, 0.2) is 0 Å². The lowest BCUT2D eigenvalue weighted by Gasteiger charge is -2.05. The SMILES string of the molecule is NCC(CF)C1CC1. The summed E-state index contributed by atoms with van der Waals surface area (Å²) in [5.74, 6) is 0.806. The van der Waals surface area contributed by atoms with Crippen LogP contribution < -0.4 is 5.73 Å². The highest BCUT2D eigenvalue weighted by molar-refractivity contribution is 4.81. The summed E-state index contributed by atoms with van der Waals surface area (Å²) >= 11 is 0. The minimum absolute atomic E-state index is 0.176. The van der Waals surface area contributed by atoms with Gasteiger partial charge in [0.05, 0.1) is 6.67 Å². The van der Waals surface area contributed by atoms with Crippen molar-refractivity contribution in [2.75, 3.05) is 13.2 Å². The van der Waals surface area contributed by atoms with Crippen LogP contribution in [0.2, 0.25) is 0 Å². The smallest absolute Gasteiger partial charge is 0.0937 e. The summed E-state index contributed by atoms with van der Waals surface area (Å²) in [6.07, 6.45) is 2.40. The van der Waals surface area contributed by atoms with E-state index in [1.807, 2.05) is 0 Å². The largest absolute Gasteiger partial charge is 0.330 e. The molecule has 0 saturated heterocycles. The maximum Gasteiger partial charge on any atom is 0.0937 e. The lowest BCUT2D eigenvalue weighted by atomic mass is 10.1. The molecule has 1 nitrogen and oxygen atoms in total. The molecule has 1 unspecified atom stereocenters. The molecule has 0 spiro atoms. The summed E-state index contributed by atoms with van der Waals surface area (Å²) < 4.78 is 11.9. The normalized spacial score (nSPS) is 23.2. The molecule has 1 saturated carbocycles. The number of rotatable bonds is 3. The second kappa shape index (κ2) is 2.44. The van der Waals surface area contributed by atoms with Crippen LogP contribution >= 0.6 is 0 Å². The summed E-state index contributed by atoms with van der Waals surface area (Å²) in [5.41, 5.74) is 5.28. The Morgan fingerprint density at radius 3 is 2.38 bits per heavy atom. The standard InChI is InChI=1S/C6H12FN/c7-3-6(4-8)5-1-2-5/h5-6H,1-4,8H2. The lowest BCUT2D eigenvalue weighted by Crippen LogP contribution is -2.17. The van der Waals surface area contributed by atoms with E-state index in [4.69, 9.17) is 5.73 Å². The van der Waals surface area contributed by atoms with Crippen molar-refractivity contribution >= 4 is 0 Å². The molecule has 0 amide bonds. The summed E-state index contributed by atoms with van der Waals surface area (Å²) in [6.45, 7) is 0.308. The first-order valence-electron chi connectivity index (χ1n) is 3.14. The van der Waals surface area contributed by atoms with E-state index in [1.165, 1.54) is 12.8 Å². The van der Waals surface area contributed by atoms with Crippen molar-refractivity contribution in [3.63, 3.8) is 0 Å². The first-order chi connectivity index (χ1) is 3.88. The zero-order valence-corrected chi connectivity index (χ0v) is 4.94. The number of hydrogen-bond donors (Lipinski definition) is 1. The third-order valence-corrected chi connectivity index (χ3v) is 1.79. The van der Waals surface area contributed by atoms with Gasteiger partial charge in [0, 0.05) is 5.92 Å². The van der Waals surface area contributed by atoms with E-state index in [-0.39, 0.29) is 12.6 Å². The van der Waals surface area contributed by atoms with Gasteiger partial charge in [-0.15, -0.1) is 0 Å². The monoisotopic (exact) mass is 117 g/mol. The first-order valence-corrected chi connectivity index (χ1v) is 3.14. The maximum absolute atomic E-state index is 11.9. The number of alkyl halides is 1. The molecular formula is C6H12FN. The molecule has 1 atom stereocenters. The summed E-state index contributed by atoms with van der Waals surface area (Å²) in [7, 11) is 0. The Kier molecular flexibility index (Phi) is 1.84. The molecular weight excluding hydrogens is 105 g/mol. The van der Waals surface area contributed by atoms with E-state index in [0.29, 0.717) is 12.5 Å². The van der Waals surface area contributed by atoms with E-state index in [9.17, 15) is 4.39 Å². The molecule has 0 bridgehead atoms. The van der Waals surface area contributed by atoms with Crippen molar-refractivity contribution in [2.24, 2.45) is 17.6 Å². The van der Waals surface area contributed by atoms with Gasteiger partial charge in [-0.3, -0.25) is 4.39 Å². The summed E-state index contributed by atoms with van der Waals surface area (Å²) in [6, 6.07) is 0. The van der Waals surface area contributed by atoms with Crippen molar-refractivity contribution in [3.8, 4) is 0 Å². The molecule has 2 N–H and O–H groups in total. The van der Waals surface area contributed by atoms with Crippen molar-refractivity contribution in [1.82, 2.24) is 0 Å². The molecule has 0 aliphatic heterocycles. The molecule has 0 aromatic heterocycles. The first kappa shape index (κ1) is 6.02. The van der Waals surface area contributed by atoms with Crippen LogP contribution in [-0.4, -0.2) is 13.2 Å². The van der Waals surface area contributed by atoms with Crippen LogP contribution in [0, 0.1) is 11.8 Å². The Morgan fingerprint density at radius 2 is 2.25 bits per heavy atom. The Morgan fingerprint density at radius 1 is 1.62 bits per heavy atom. The van der Waals surface area contributed by atoms with Gasteiger partial charge in [-0.1, -0.05) is 0 Å². The van der Waals surface area contributed by atoms with Crippen LogP contribution in [0.15, 0.2) is 0 Å². The summed E-state index contributed by atoms with van der Waals surface area (Å²) in [4.78, 5) is 0. The molecule has 8 heavy (non-hydrogen) atoms. The van der Waals surface area contributed by atoms with E-state index < -0.39 is 0 Å². The Labute approximate surface area is 49.1 Å². The van der Waals surface area contributed by atoms with E-state index >= 15 is 0 Å². The van der Waals surface area contributed by atoms with Crippen LogP contribution in [0.3, 0.4) is 0 Å². The molecule has 1 aliphatic carbocycles. The average Bonchev–Trinajstić information content (AvgIpc) is 2.53. The Bertz CT molecular complexity index is 66.9. The number of nitrogens with two attached hydrogens (primary N) is 1. The lowest BCUT2D eigenvalue weighted by molar-refractivity contribution is 0.336. The van der Waals surface area contributed by atoms with Crippen molar-refractivity contribution < 1.29 is 4.39 Å². The predicted octanol–water partition coefficient (Wildman–Crippen LogP) is 0.941. The third kappa shape index (κ3) is 1.19. The van der Waals surface area contributed by atoms with Gasteiger partial charge >= 0.3 is 0 Å². The molecule has 1 fully saturated rings. The van der Waals surface area contributed by atoms with Crippen LogP contribution in [0.5, 0.6) is 0 Å². The van der Waals surface area contributed by atoms with Crippen LogP contribution in [-0.2, 0) is 0 Å². The van der Waals surface area contributed by atoms with Gasteiger partial charge in [0.1, 0.15) is 0 Å². The van der Waals surface area contributed by atoms with Crippen molar-refractivity contribution in [1.29, 1.82) is 0 Å². The highest BCUT2D eigenvalue weighted by Gasteiger charge is 2.29. The van der Waals surface area contributed by atoms with Gasteiger partial charge in [-0.2, -0.15) is 0 Å². The van der Waals surface area contributed by atoms with E-state index in [1.54, 1.807) is 0 Å². The molecule has 0 aromatic rings. The maximum atomic E-state index is 11.9. The predicted molar refractivity (Wildman–Crippen MR) is 31.2 cm³/mol. The van der Waals surface area contributed by atoms with E-state index in [0.717, 1.165) is 0 Å². The molecule has 0 heterocycles. The van der Waals surface area contributed by atoms with Crippen molar-refractivity contribution in [2.45, 2.75) is 12.8 Å². The Hall–Kier alpha value is -0.110. The van der Waals surface area contributed by atoms with Gasteiger partial charge in [-0.25, -0.2) is 0 Å². The average molecular weight is 117 g/mol. The third-order valence-electron chi connectivity index (χ3n) is 1.79. The fourth-order valence-electron chi connectivity index (χ4n) is 0.949. The van der Waals surface area contributed by atoms with Crippen LogP contribution in [0.1, 0.15) is 12.8 Å². The molecule has 0 aromatic carbocycles. The summed E-state index contributed by atoms with van der Waals surface area (Å²) in [5, 5.41) is 0. The fraction of sp³-hybridized carbons (Fsp3) is 1.00. The fourth-order valence-corrected chi connectivity index (χ4v) is 0.949. The minimum atomic E-state index is -0.221. The van der Waals surface area contributed by atoms with Crippen molar-refractivity contribution in [3.05, 3.63) is 0 Å². The quantitative estimate of drug-likeness (QED) is 0.585. The molecule has 2 heteroatoms. The zero-order valence-electron chi connectivity index (χ0n) is 4.94.